The summed E-state index contributed by atoms with van der Waals surface area (Å²) in [5.41, 5.74) is 0. The molecule has 0 saturated heterocycles. The Morgan fingerprint density at radius 2 is 2.12 bits per heavy atom. The molecule has 0 aromatic rings. The summed E-state index contributed by atoms with van der Waals surface area (Å²) in [6.07, 6.45) is -1.42. The van der Waals surface area contributed by atoms with E-state index >= 15 is 0 Å². The molecular weight excluding hydrogens is 110 g/mol. The van der Waals surface area contributed by atoms with Crippen molar-refractivity contribution >= 4 is 11.9 Å². The highest BCUT2D eigenvalue weighted by Gasteiger charge is 1.87. The number of rotatable bonds is 2. The fraction of sp³-hybridized carbons (Fsp3) is 0.500. The Bertz CT molecular complexity index is 95.9. The largest absolute Gasteiger partial charge is 0.530 e. The minimum absolute atomic E-state index is 0.164. The summed E-state index contributed by atoms with van der Waals surface area (Å²) in [7, 11) is 0. The van der Waals surface area contributed by atoms with Gasteiger partial charge in [-0.3, -0.25) is 4.79 Å². The van der Waals surface area contributed by atoms with E-state index in [-0.39, 0.29) is 12.3 Å². The minimum atomic E-state index is -1.42. The highest BCUT2D eigenvalue weighted by molar-refractivity contribution is 5.80. The van der Waals surface area contributed by atoms with Gasteiger partial charge in [-0.2, -0.15) is 0 Å². The maximum absolute atomic E-state index is 9.99. The first-order valence-electron chi connectivity index (χ1n) is 2.07. The Morgan fingerprint density at radius 3 is 2.25 bits per heavy atom. The third-order valence-electron chi connectivity index (χ3n) is 0.482. The lowest BCUT2D eigenvalue weighted by Crippen LogP contribution is -2.38. The summed E-state index contributed by atoms with van der Waals surface area (Å²) in [5.74, 6) is -0.228. The van der Waals surface area contributed by atoms with Gasteiger partial charge in [-0.1, -0.05) is 0 Å². The number of Topliss-reactive ketones (excluding diaryl/α,β-unsaturated/α-hetero) is 1. The highest BCUT2D eigenvalue weighted by atomic mass is 16.4. The number of amides is 1. The summed E-state index contributed by atoms with van der Waals surface area (Å²) in [4.78, 5) is 19.5. The second kappa shape index (κ2) is 3.01. The van der Waals surface area contributed by atoms with Crippen LogP contribution >= 0.6 is 0 Å². The van der Waals surface area contributed by atoms with Crippen LogP contribution in [-0.2, 0) is 4.79 Å². The van der Waals surface area contributed by atoms with Crippen LogP contribution in [0, 0.1) is 0 Å². The molecule has 0 heterocycles. The Balaban J connectivity index is 3.18. The first-order valence-corrected chi connectivity index (χ1v) is 2.07. The van der Waals surface area contributed by atoms with Gasteiger partial charge in [-0.05, 0) is 6.92 Å². The van der Waals surface area contributed by atoms with E-state index < -0.39 is 6.09 Å². The van der Waals surface area contributed by atoms with Gasteiger partial charge in [0.05, 0.1) is 6.54 Å². The molecule has 0 unspecified atom stereocenters. The second-order valence-corrected chi connectivity index (χ2v) is 1.34. The van der Waals surface area contributed by atoms with Gasteiger partial charge < -0.3 is 15.2 Å². The maximum Gasteiger partial charge on any atom is 0.148 e. The number of hydrogen-bond donors (Lipinski definition) is 1. The molecule has 46 valence electrons. The van der Waals surface area contributed by atoms with E-state index in [1.165, 1.54) is 6.92 Å². The lowest BCUT2D eigenvalue weighted by Gasteiger charge is -2.00. The zero-order valence-electron chi connectivity index (χ0n) is 4.43. The van der Waals surface area contributed by atoms with E-state index in [9.17, 15) is 14.7 Å². The molecule has 0 bridgehead atoms. The Hall–Kier alpha value is -1.06. The molecule has 0 aliphatic rings. The number of ketones is 1. The average Bonchev–Trinajstić information content (AvgIpc) is 1.61. The quantitative estimate of drug-likeness (QED) is 0.477. The molecule has 0 aromatic carbocycles. The number of carboxylic acid groups (broad SMARTS) is 1. The van der Waals surface area contributed by atoms with Crippen LogP contribution in [-0.4, -0.2) is 18.4 Å². The van der Waals surface area contributed by atoms with Crippen molar-refractivity contribution in [3.8, 4) is 0 Å². The number of carbonyl (C=O) groups is 2. The van der Waals surface area contributed by atoms with Crippen LogP contribution in [0.15, 0.2) is 0 Å². The monoisotopic (exact) mass is 116 g/mol. The van der Waals surface area contributed by atoms with Gasteiger partial charge in [-0.25, -0.2) is 0 Å². The van der Waals surface area contributed by atoms with E-state index in [0.29, 0.717) is 0 Å². The van der Waals surface area contributed by atoms with Crippen LogP contribution in [0.2, 0.25) is 0 Å². The third-order valence-corrected chi connectivity index (χ3v) is 0.482. The van der Waals surface area contributed by atoms with Crippen LogP contribution in [0.5, 0.6) is 0 Å². The molecule has 4 heteroatoms. The second-order valence-electron chi connectivity index (χ2n) is 1.34. The van der Waals surface area contributed by atoms with Crippen molar-refractivity contribution in [3.63, 3.8) is 0 Å². The van der Waals surface area contributed by atoms with Crippen LogP contribution in [0.3, 0.4) is 0 Å². The van der Waals surface area contributed by atoms with Crippen molar-refractivity contribution < 1.29 is 14.7 Å². The van der Waals surface area contributed by atoms with Gasteiger partial charge in [0.1, 0.15) is 11.9 Å². The van der Waals surface area contributed by atoms with Crippen LogP contribution in [0.1, 0.15) is 6.92 Å². The van der Waals surface area contributed by atoms with Gasteiger partial charge in [0, 0.05) is 0 Å². The highest BCUT2D eigenvalue weighted by Crippen LogP contribution is 1.61. The summed E-state index contributed by atoms with van der Waals surface area (Å²) in [6, 6.07) is 0. The van der Waals surface area contributed by atoms with Crippen molar-refractivity contribution in [2.24, 2.45) is 0 Å². The van der Waals surface area contributed by atoms with E-state index in [1.54, 1.807) is 5.32 Å². The van der Waals surface area contributed by atoms with Gasteiger partial charge in [-0.15, -0.1) is 0 Å². The molecule has 0 aromatic heterocycles. The van der Waals surface area contributed by atoms with E-state index in [2.05, 4.69) is 0 Å². The van der Waals surface area contributed by atoms with Crippen molar-refractivity contribution in [2.75, 3.05) is 6.54 Å². The fourth-order valence-electron chi connectivity index (χ4n) is 0.197. The van der Waals surface area contributed by atoms with E-state index in [4.69, 9.17) is 0 Å². The average molecular weight is 116 g/mol. The molecule has 0 spiro atoms. The summed E-state index contributed by atoms with van der Waals surface area (Å²) >= 11 is 0. The lowest BCUT2D eigenvalue weighted by atomic mass is 10.4. The topological polar surface area (TPSA) is 69.2 Å². The molecule has 0 saturated carbocycles. The normalized spacial score (nSPS) is 8.12. The van der Waals surface area contributed by atoms with E-state index in [1.807, 2.05) is 0 Å². The zero-order valence-corrected chi connectivity index (χ0v) is 4.43. The zero-order chi connectivity index (χ0) is 6.57. The molecule has 8 heavy (non-hydrogen) atoms. The standard InChI is InChI=1S/C4H7NO3/c1-3(6)2-5-4(7)8/h5H,2H2,1H3,(H,7,8)/p-1. The third kappa shape index (κ3) is 4.94. The summed E-state index contributed by atoms with van der Waals surface area (Å²) in [5, 5.41) is 11.3. The number of carbonyl (C=O) groups excluding carboxylic acids is 2. The van der Waals surface area contributed by atoms with E-state index in [0.717, 1.165) is 0 Å². The molecule has 0 rings (SSSR count). The number of nitrogens with one attached hydrogen (secondary N) is 1. The minimum Gasteiger partial charge on any atom is -0.530 e. The Morgan fingerprint density at radius 1 is 1.62 bits per heavy atom. The molecule has 1 N–H and O–H groups in total. The van der Waals surface area contributed by atoms with Crippen LogP contribution < -0.4 is 10.4 Å². The molecule has 1 amide bonds. The predicted molar refractivity (Wildman–Crippen MR) is 24.1 cm³/mol. The lowest BCUT2D eigenvalue weighted by molar-refractivity contribution is -0.250. The van der Waals surface area contributed by atoms with Crippen molar-refractivity contribution in [3.05, 3.63) is 0 Å². The molecule has 0 atom stereocenters. The molecule has 0 aliphatic heterocycles. The van der Waals surface area contributed by atoms with Gasteiger partial charge in [0.15, 0.2) is 0 Å². The van der Waals surface area contributed by atoms with Crippen LogP contribution in [0.25, 0.3) is 0 Å². The Kier molecular flexibility index (Phi) is 2.61. The molecule has 0 fully saturated rings. The number of hydrogen-bond acceptors (Lipinski definition) is 3. The summed E-state index contributed by atoms with van der Waals surface area (Å²) in [6.45, 7) is 1.12. The first kappa shape index (κ1) is 6.94. The van der Waals surface area contributed by atoms with Crippen molar-refractivity contribution in [2.45, 2.75) is 6.92 Å². The van der Waals surface area contributed by atoms with Crippen molar-refractivity contribution in [1.29, 1.82) is 0 Å². The smallest absolute Gasteiger partial charge is 0.148 e. The maximum atomic E-state index is 9.99. The van der Waals surface area contributed by atoms with Crippen molar-refractivity contribution in [1.82, 2.24) is 5.32 Å². The fourth-order valence-corrected chi connectivity index (χ4v) is 0.197. The predicted octanol–water partition coefficient (Wildman–Crippen LogP) is -1.49. The van der Waals surface area contributed by atoms with Crippen LogP contribution in [0.4, 0.5) is 4.79 Å². The van der Waals surface area contributed by atoms with Gasteiger partial charge in [0.25, 0.3) is 0 Å². The first-order chi connectivity index (χ1) is 3.63. The van der Waals surface area contributed by atoms with Gasteiger partial charge in [0.2, 0.25) is 0 Å². The molecule has 0 aliphatic carbocycles. The molecule has 0 radical (unpaired) electrons. The molecular formula is C4H6NO3-. The van der Waals surface area contributed by atoms with Gasteiger partial charge >= 0.3 is 0 Å². The molecule has 4 nitrogen and oxygen atoms in total. The Labute approximate surface area is 46.5 Å². The summed E-state index contributed by atoms with van der Waals surface area (Å²) < 4.78 is 0. The SMILES string of the molecule is CC(=O)CNC(=O)[O-].